The molecular weight excluding hydrogens is 234 g/mol. The van der Waals surface area contributed by atoms with E-state index in [1.165, 1.54) is 0 Å². The zero-order valence-electron chi connectivity index (χ0n) is 9.88. The summed E-state index contributed by atoms with van der Waals surface area (Å²) in [7, 11) is -3.67. The highest BCUT2D eigenvalue weighted by Gasteiger charge is 2.12. The van der Waals surface area contributed by atoms with Crippen LogP contribution in [0.4, 0.5) is 0 Å². The summed E-state index contributed by atoms with van der Waals surface area (Å²) in [4.78, 5) is 10.3. The molecule has 7 heteroatoms. The van der Waals surface area contributed by atoms with Gasteiger partial charge in [0.05, 0.1) is 6.26 Å². The molecule has 0 saturated carbocycles. The van der Waals surface area contributed by atoms with Gasteiger partial charge in [-0.25, -0.2) is 0 Å². The van der Waals surface area contributed by atoms with Crippen LogP contribution in [-0.2, 0) is 14.9 Å². The van der Waals surface area contributed by atoms with Crippen LogP contribution in [0.15, 0.2) is 0 Å². The summed E-state index contributed by atoms with van der Waals surface area (Å²) < 4.78 is 25.9. The van der Waals surface area contributed by atoms with E-state index in [2.05, 4.69) is 13.8 Å². The molecule has 0 aliphatic rings. The molecule has 98 valence electrons. The lowest BCUT2D eigenvalue weighted by Crippen LogP contribution is -2.19. The van der Waals surface area contributed by atoms with Crippen LogP contribution in [0, 0.1) is 11.8 Å². The van der Waals surface area contributed by atoms with Gasteiger partial charge in [-0.2, -0.15) is 8.42 Å². The summed E-state index contributed by atoms with van der Waals surface area (Å²) >= 11 is 0. The minimum atomic E-state index is -3.67. The number of carboxylic acid groups (broad SMARTS) is 1. The van der Waals surface area contributed by atoms with E-state index in [0.29, 0.717) is 18.7 Å². The van der Waals surface area contributed by atoms with Crippen molar-refractivity contribution in [3.8, 4) is 0 Å². The van der Waals surface area contributed by atoms with Crippen molar-refractivity contribution in [1.82, 2.24) is 0 Å². The number of nitrogens with two attached hydrogens (primary N) is 1. The van der Waals surface area contributed by atoms with Crippen molar-refractivity contribution < 1.29 is 22.9 Å². The highest BCUT2D eigenvalue weighted by atomic mass is 32.2. The maximum atomic E-state index is 10.3. The first-order valence-electron chi connectivity index (χ1n) is 4.90. The van der Waals surface area contributed by atoms with Gasteiger partial charge in [0.15, 0.2) is 0 Å². The maximum Gasteiger partial charge on any atom is 0.303 e. The van der Waals surface area contributed by atoms with Gasteiger partial charge in [0.2, 0.25) is 0 Å². The predicted octanol–water partition coefficient (Wildman–Crippen LogP) is 0.586. The lowest BCUT2D eigenvalue weighted by Gasteiger charge is -2.13. The number of carboxylic acids is 1. The maximum absolute atomic E-state index is 10.3. The average Bonchev–Trinajstić information content (AvgIpc) is 1.97. The van der Waals surface area contributed by atoms with Gasteiger partial charge in [0.25, 0.3) is 10.1 Å². The minimum absolute atomic E-state index is 0.146. The number of carbonyl (C=O) groups is 1. The second kappa shape index (κ2) is 8.49. The van der Waals surface area contributed by atoms with Gasteiger partial charge in [-0.15, -0.1) is 0 Å². The van der Waals surface area contributed by atoms with E-state index in [-0.39, 0.29) is 12.3 Å². The summed E-state index contributed by atoms with van der Waals surface area (Å²) in [6, 6.07) is 0. The molecule has 0 aliphatic carbocycles. The Morgan fingerprint density at radius 2 is 1.75 bits per heavy atom. The molecule has 0 amide bonds. The fourth-order valence-electron chi connectivity index (χ4n) is 1.18. The number of hydrogen-bond donors (Lipinski definition) is 3. The molecule has 0 bridgehead atoms. The molecule has 0 fully saturated rings. The molecule has 0 spiro atoms. The normalized spacial score (nSPS) is 12.9. The summed E-state index contributed by atoms with van der Waals surface area (Å²) in [6.45, 7) is 4.62. The van der Waals surface area contributed by atoms with Crippen molar-refractivity contribution >= 4 is 16.1 Å². The quantitative estimate of drug-likeness (QED) is 0.619. The number of aliphatic carboxylic acids is 1. The third kappa shape index (κ3) is 23.3. The zero-order valence-corrected chi connectivity index (χ0v) is 10.7. The van der Waals surface area contributed by atoms with Crippen LogP contribution in [0.2, 0.25) is 0 Å². The Balaban J connectivity index is 0. The molecule has 16 heavy (non-hydrogen) atoms. The van der Waals surface area contributed by atoms with Crippen LogP contribution in [0.3, 0.4) is 0 Å². The second-order valence-electron chi connectivity index (χ2n) is 4.06. The zero-order chi connectivity index (χ0) is 13.4. The molecule has 6 nitrogen and oxygen atoms in total. The summed E-state index contributed by atoms with van der Waals surface area (Å²) in [5.41, 5.74) is 5.41. The minimum Gasteiger partial charge on any atom is -0.481 e. The highest BCUT2D eigenvalue weighted by molar-refractivity contribution is 7.85. The van der Waals surface area contributed by atoms with Crippen LogP contribution in [0.5, 0.6) is 0 Å². The van der Waals surface area contributed by atoms with E-state index in [4.69, 9.17) is 15.4 Å². The van der Waals surface area contributed by atoms with Crippen molar-refractivity contribution in [2.75, 3.05) is 12.8 Å². The fraction of sp³-hybridized carbons (Fsp3) is 0.889. The van der Waals surface area contributed by atoms with Crippen LogP contribution in [0.25, 0.3) is 0 Å². The molecule has 0 saturated heterocycles. The first kappa shape index (κ1) is 17.7. The topological polar surface area (TPSA) is 118 Å². The van der Waals surface area contributed by atoms with Crippen molar-refractivity contribution in [2.24, 2.45) is 17.6 Å². The Bertz CT molecular complexity index is 278. The molecule has 4 N–H and O–H groups in total. The molecule has 0 radical (unpaired) electrons. The average molecular weight is 255 g/mol. The van der Waals surface area contributed by atoms with Crippen LogP contribution < -0.4 is 5.73 Å². The largest absolute Gasteiger partial charge is 0.481 e. The third-order valence-electron chi connectivity index (χ3n) is 1.60. The first-order valence-corrected chi connectivity index (χ1v) is 6.75. The van der Waals surface area contributed by atoms with E-state index >= 15 is 0 Å². The van der Waals surface area contributed by atoms with Gasteiger partial charge in [-0.1, -0.05) is 13.8 Å². The Kier molecular flexibility index (Phi) is 9.40. The summed E-state index contributed by atoms with van der Waals surface area (Å²) in [5, 5.41) is 8.47. The van der Waals surface area contributed by atoms with Gasteiger partial charge in [0.1, 0.15) is 0 Å². The summed E-state index contributed by atoms with van der Waals surface area (Å²) in [5.74, 6) is -0.0727. The monoisotopic (exact) mass is 255 g/mol. The first-order chi connectivity index (χ1) is 7.06. The second-order valence-corrected chi connectivity index (χ2v) is 5.53. The Hall–Kier alpha value is -0.660. The van der Waals surface area contributed by atoms with Gasteiger partial charge >= 0.3 is 5.97 Å². The third-order valence-corrected chi connectivity index (χ3v) is 1.60. The molecule has 0 aromatic rings. The molecular formula is C9H21NO5S. The molecule has 0 unspecified atom stereocenters. The van der Waals surface area contributed by atoms with Gasteiger partial charge in [-0.05, 0) is 24.8 Å². The van der Waals surface area contributed by atoms with E-state index in [9.17, 15) is 13.2 Å². The van der Waals surface area contributed by atoms with Crippen molar-refractivity contribution in [2.45, 2.75) is 26.7 Å². The lowest BCUT2D eigenvalue weighted by atomic mass is 9.94. The van der Waals surface area contributed by atoms with E-state index in [1.807, 2.05) is 0 Å². The molecule has 0 rings (SSSR count). The molecule has 0 aliphatic heterocycles. The molecule has 1 atom stereocenters. The Morgan fingerprint density at radius 3 is 1.94 bits per heavy atom. The standard InChI is InChI=1S/C8H17NO2.CH4O3S/c1-6(2)3-7(5-9)4-8(10)11;1-5(2,3)4/h6-7H,3-5,9H2,1-2H3,(H,10,11);1H3,(H,2,3,4)/t7-;/m0./s1. The SMILES string of the molecule is CC(C)C[C@H](CN)CC(=O)O.CS(=O)(=O)O. The van der Waals surface area contributed by atoms with E-state index < -0.39 is 16.1 Å². The van der Waals surface area contributed by atoms with E-state index in [1.54, 1.807) is 0 Å². The fourth-order valence-corrected chi connectivity index (χ4v) is 1.18. The highest BCUT2D eigenvalue weighted by Crippen LogP contribution is 2.13. The van der Waals surface area contributed by atoms with Gasteiger partial charge < -0.3 is 10.8 Å². The van der Waals surface area contributed by atoms with Crippen molar-refractivity contribution in [3.63, 3.8) is 0 Å². The molecule has 0 aromatic heterocycles. The van der Waals surface area contributed by atoms with Crippen LogP contribution >= 0.6 is 0 Å². The van der Waals surface area contributed by atoms with E-state index in [0.717, 1.165) is 6.42 Å². The van der Waals surface area contributed by atoms with Crippen molar-refractivity contribution in [3.05, 3.63) is 0 Å². The lowest BCUT2D eigenvalue weighted by molar-refractivity contribution is -0.138. The van der Waals surface area contributed by atoms with Crippen molar-refractivity contribution in [1.29, 1.82) is 0 Å². The Morgan fingerprint density at radius 1 is 1.38 bits per heavy atom. The number of hydrogen-bond acceptors (Lipinski definition) is 4. The van der Waals surface area contributed by atoms with Crippen LogP contribution in [0.1, 0.15) is 26.7 Å². The van der Waals surface area contributed by atoms with Gasteiger partial charge in [-0.3, -0.25) is 9.35 Å². The Labute approximate surface area is 96.6 Å². The van der Waals surface area contributed by atoms with Gasteiger partial charge in [0, 0.05) is 6.42 Å². The predicted molar refractivity (Wildman–Crippen MR) is 61.7 cm³/mol. The smallest absolute Gasteiger partial charge is 0.303 e. The summed E-state index contributed by atoms with van der Waals surface area (Å²) in [6.07, 6.45) is 1.82. The molecule has 0 aromatic carbocycles. The van der Waals surface area contributed by atoms with Crippen LogP contribution in [-0.4, -0.2) is 36.8 Å². The molecule has 0 heterocycles. The number of rotatable bonds is 5.